The molecule has 10 heteroatoms. The standard InChI is InChI=1S/C17H16N8OS/c18-10-4-13-12(19-8-10)5-11(9-6-20-21-7-9)15(22-13)23-17-25-24-16(27-17)14-2-1-3-26-14/h4-8,14H,1-3,18H2,(H,20,21)(H,22,23,25). The Morgan fingerprint density at radius 2 is 2.19 bits per heavy atom. The van der Waals surface area contributed by atoms with Gasteiger partial charge in [-0.1, -0.05) is 11.3 Å². The molecule has 1 atom stereocenters. The Morgan fingerprint density at radius 3 is 3.00 bits per heavy atom. The van der Waals surface area contributed by atoms with Gasteiger partial charge in [0.25, 0.3) is 0 Å². The SMILES string of the molecule is Nc1cnc2cc(-c3cn[nH]c3)c(Nc3nnc(C4CCCO4)s3)nc2c1. The Balaban J connectivity index is 1.55. The maximum atomic E-state index is 5.86. The Kier molecular flexibility index (Phi) is 3.91. The zero-order chi connectivity index (χ0) is 18.2. The minimum absolute atomic E-state index is 0.0416. The largest absolute Gasteiger partial charge is 0.397 e. The predicted molar refractivity (Wildman–Crippen MR) is 103 cm³/mol. The van der Waals surface area contributed by atoms with E-state index in [9.17, 15) is 0 Å². The molecule has 9 nitrogen and oxygen atoms in total. The molecule has 0 amide bonds. The molecule has 0 spiro atoms. The van der Waals surface area contributed by atoms with Gasteiger partial charge in [-0.3, -0.25) is 10.1 Å². The molecule has 5 rings (SSSR count). The summed E-state index contributed by atoms with van der Waals surface area (Å²) in [6.45, 7) is 0.776. The topological polar surface area (TPSA) is 128 Å². The van der Waals surface area contributed by atoms with E-state index in [4.69, 9.17) is 15.5 Å². The van der Waals surface area contributed by atoms with Crippen molar-refractivity contribution in [3.63, 3.8) is 0 Å². The third-order valence-electron chi connectivity index (χ3n) is 4.37. The van der Waals surface area contributed by atoms with Gasteiger partial charge in [-0.25, -0.2) is 4.98 Å². The van der Waals surface area contributed by atoms with Gasteiger partial charge in [0.05, 0.1) is 29.1 Å². The molecule has 0 aromatic carbocycles. The molecule has 1 unspecified atom stereocenters. The lowest BCUT2D eigenvalue weighted by Crippen LogP contribution is -1.98. The highest BCUT2D eigenvalue weighted by Crippen LogP contribution is 2.35. The normalized spacial score (nSPS) is 16.8. The summed E-state index contributed by atoms with van der Waals surface area (Å²) in [5, 5.41) is 20.2. The van der Waals surface area contributed by atoms with Crippen LogP contribution in [0, 0.1) is 0 Å². The van der Waals surface area contributed by atoms with Crippen molar-refractivity contribution >= 4 is 39.0 Å². The van der Waals surface area contributed by atoms with Crippen LogP contribution in [-0.4, -0.2) is 37.0 Å². The van der Waals surface area contributed by atoms with E-state index in [1.165, 1.54) is 11.3 Å². The molecule has 4 aromatic heterocycles. The quantitative estimate of drug-likeness (QED) is 0.493. The summed E-state index contributed by atoms with van der Waals surface area (Å²) < 4.78 is 5.69. The third-order valence-corrected chi connectivity index (χ3v) is 5.30. The fraction of sp³-hybridized carbons (Fsp3) is 0.235. The van der Waals surface area contributed by atoms with Gasteiger partial charge < -0.3 is 15.8 Å². The number of hydrogen-bond acceptors (Lipinski definition) is 9. The second-order valence-corrected chi connectivity index (χ2v) is 7.26. The molecule has 1 aliphatic heterocycles. The number of nitrogen functional groups attached to an aromatic ring is 1. The van der Waals surface area contributed by atoms with Gasteiger partial charge in [-0.15, -0.1) is 10.2 Å². The van der Waals surface area contributed by atoms with E-state index in [-0.39, 0.29) is 6.10 Å². The Morgan fingerprint density at radius 1 is 1.22 bits per heavy atom. The number of H-pyrrole nitrogens is 1. The third kappa shape index (κ3) is 3.09. The highest BCUT2D eigenvalue weighted by atomic mass is 32.1. The molecular formula is C17H16N8OS. The highest BCUT2D eigenvalue weighted by Gasteiger charge is 2.22. The average Bonchev–Trinajstić information content (AvgIpc) is 3.43. The molecule has 4 N–H and O–H groups in total. The van der Waals surface area contributed by atoms with Gasteiger partial charge in [-0.2, -0.15) is 5.10 Å². The van der Waals surface area contributed by atoms with Crippen LogP contribution in [0.3, 0.4) is 0 Å². The van der Waals surface area contributed by atoms with Gasteiger partial charge in [-0.05, 0) is 25.0 Å². The van der Waals surface area contributed by atoms with Gasteiger partial charge >= 0.3 is 0 Å². The second-order valence-electron chi connectivity index (χ2n) is 6.25. The summed E-state index contributed by atoms with van der Waals surface area (Å²) in [5.74, 6) is 0.645. The lowest BCUT2D eigenvalue weighted by atomic mass is 10.1. The zero-order valence-corrected chi connectivity index (χ0v) is 15.0. The predicted octanol–water partition coefficient (Wildman–Crippen LogP) is 3.05. The zero-order valence-electron chi connectivity index (χ0n) is 14.2. The number of nitrogens with two attached hydrogens (primary N) is 1. The number of hydrogen-bond donors (Lipinski definition) is 3. The smallest absolute Gasteiger partial charge is 0.211 e. The summed E-state index contributed by atoms with van der Waals surface area (Å²) in [4.78, 5) is 9.07. The van der Waals surface area contributed by atoms with Crippen molar-refractivity contribution in [1.29, 1.82) is 0 Å². The van der Waals surface area contributed by atoms with E-state index in [0.717, 1.165) is 41.1 Å². The van der Waals surface area contributed by atoms with Crippen molar-refractivity contribution in [1.82, 2.24) is 30.4 Å². The van der Waals surface area contributed by atoms with Crippen LogP contribution in [0.4, 0.5) is 16.6 Å². The number of pyridine rings is 2. The van der Waals surface area contributed by atoms with E-state index in [0.29, 0.717) is 22.2 Å². The molecule has 5 heterocycles. The minimum Gasteiger partial charge on any atom is -0.397 e. The summed E-state index contributed by atoms with van der Waals surface area (Å²) in [7, 11) is 0. The Labute approximate surface area is 158 Å². The first-order valence-electron chi connectivity index (χ1n) is 8.54. The molecule has 0 bridgehead atoms. The van der Waals surface area contributed by atoms with Crippen LogP contribution in [0.15, 0.2) is 30.7 Å². The first-order valence-corrected chi connectivity index (χ1v) is 9.35. The van der Waals surface area contributed by atoms with Gasteiger partial charge in [0, 0.05) is 23.9 Å². The van der Waals surface area contributed by atoms with Gasteiger partial charge in [0.1, 0.15) is 16.9 Å². The van der Waals surface area contributed by atoms with Gasteiger partial charge in [0.15, 0.2) is 0 Å². The van der Waals surface area contributed by atoms with E-state index in [2.05, 4.69) is 30.7 Å². The molecule has 4 aromatic rings. The molecule has 1 aliphatic rings. The molecule has 0 saturated carbocycles. The molecule has 1 saturated heterocycles. The first-order chi connectivity index (χ1) is 13.3. The Hall–Kier alpha value is -3.11. The van der Waals surface area contributed by atoms with Crippen molar-refractivity contribution < 1.29 is 4.74 Å². The summed E-state index contributed by atoms with van der Waals surface area (Å²) in [6, 6.07) is 3.75. The number of nitrogens with zero attached hydrogens (tertiary/aromatic N) is 5. The molecule has 136 valence electrons. The first kappa shape index (κ1) is 16.1. The van der Waals surface area contributed by atoms with Crippen LogP contribution >= 0.6 is 11.3 Å². The second kappa shape index (κ2) is 6.56. The fourth-order valence-electron chi connectivity index (χ4n) is 3.07. The summed E-state index contributed by atoms with van der Waals surface area (Å²) in [5.41, 5.74) is 9.64. The molecule has 27 heavy (non-hydrogen) atoms. The van der Waals surface area contributed by atoms with Gasteiger partial charge in [0.2, 0.25) is 5.13 Å². The number of aromatic amines is 1. The highest BCUT2D eigenvalue weighted by molar-refractivity contribution is 7.15. The molecule has 0 radical (unpaired) electrons. The summed E-state index contributed by atoms with van der Waals surface area (Å²) in [6.07, 6.45) is 7.24. The monoisotopic (exact) mass is 380 g/mol. The maximum absolute atomic E-state index is 5.86. The lowest BCUT2D eigenvalue weighted by molar-refractivity contribution is 0.111. The van der Waals surface area contributed by atoms with E-state index < -0.39 is 0 Å². The van der Waals surface area contributed by atoms with E-state index >= 15 is 0 Å². The van der Waals surface area contributed by atoms with Crippen LogP contribution in [0.1, 0.15) is 24.0 Å². The fourth-order valence-corrected chi connectivity index (χ4v) is 3.89. The van der Waals surface area contributed by atoms with E-state index in [1.807, 2.05) is 12.3 Å². The van der Waals surface area contributed by atoms with E-state index in [1.54, 1.807) is 18.5 Å². The van der Waals surface area contributed by atoms with Crippen molar-refractivity contribution in [3.8, 4) is 11.1 Å². The van der Waals surface area contributed by atoms with Crippen LogP contribution in [0.25, 0.3) is 22.2 Å². The number of ether oxygens (including phenoxy) is 1. The molecule has 0 aliphatic carbocycles. The van der Waals surface area contributed by atoms with Crippen LogP contribution in [-0.2, 0) is 4.74 Å². The lowest BCUT2D eigenvalue weighted by Gasteiger charge is -2.09. The maximum Gasteiger partial charge on any atom is 0.211 e. The number of nitrogens with one attached hydrogen (secondary N) is 2. The summed E-state index contributed by atoms with van der Waals surface area (Å²) >= 11 is 1.48. The average molecular weight is 380 g/mol. The number of rotatable bonds is 4. The Bertz CT molecular complexity index is 1090. The molecule has 1 fully saturated rings. The van der Waals surface area contributed by atoms with Crippen molar-refractivity contribution in [2.75, 3.05) is 17.7 Å². The van der Waals surface area contributed by atoms with Crippen molar-refractivity contribution in [3.05, 3.63) is 35.7 Å². The van der Waals surface area contributed by atoms with Crippen LogP contribution in [0.5, 0.6) is 0 Å². The van der Waals surface area contributed by atoms with Crippen LogP contribution in [0.2, 0.25) is 0 Å². The van der Waals surface area contributed by atoms with Crippen molar-refractivity contribution in [2.24, 2.45) is 0 Å². The number of fused-ring (bicyclic) bond motifs is 1. The number of anilines is 3. The number of aromatic nitrogens is 6. The van der Waals surface area contributed by atoms with Crippen molar-refractivity contribution in [2.45, 2.75) is 18.9 Å². The minimum atomic E-state index is 0.0416. The molecular weight excluding hydrogens is 364 g/mol. The van der Waals surface area contributed by atoms with Crippen LogP contribution < -0.4 is 11.1 Å².